The SMILES string of the molecule is CC(C)(C)OC(=O)[C@@H]1CCCN1S(=O)(=O)c1cccs1. The Kier molecular flexibility index (Phi) is 4.22. The van der Waals surface area contributed by atoms with Crippen LogP contribution in [0.4, 0.5) is 0 Å². The first-order valence-electron chi connectivity index (χ1n) is 6.50. The number of carbonyl (C=O) groups is 1. The predicted molar refractivity (Wildman–Crippen MR) is 77.1 cm³/mol. The Morgan fingerprint density at radius 1 is 1.45 bits per heavy atom. The highest BCUT2D eigenvalue weighted by Gasteiger charge is 2.41. The molecule has 20 heavy (non-hydrogen) atoms. The van der Waals surface area contributed by atoms with Gasteiger partial charge in [0.05, 0.1) is 0 Å². The summed E-state index contributed by atoms with van der Waals surface area (Å²) in [5.41, 5.74) is -0.613. The van der Waals surface area contributed by atoms with Crippen LogP contribution in [0.3, 0.4) is 0 Å². The highest BCUT2D eigenvalue weighted by Crippen LogP contribution is 2.29. The Labute approximate surface area is 123 Å². The van der Waals surface area contributed by atoms with E-state index in [1.165, 1.54) is 4.31 Å². The van der Waals surface area contributed by atoms with Gasteiger partial charge in [-0.3, -0.25) is 4.79 Å². The molecule has 1 aromatic rings. The fraction of sp³-hybridized carbons (Fsp3) is 0.615. The molecule has 2 rings (SSSR count). The second kappa shape index (κ2) is 5.46. The van der Waals surface area contributed by atoms with Crippen LogP contribution in [0, 0.1) is 0 Å². The highest BCUT2D eigenvalue weighted by atomic mass is 32.2. The lowest BCUT2D eigenvalue weighted by Crippen LogP contribution is -2.43. The van der Waals surface area contributed by atoms with Crippen LogP contribution in [0.5, 0.6) is 0 Å². The maximum atomic E-state index is 12.5. The molecular weight excluding hydrogens is 298 g/mol. The number of sulfonamides is 1. The van der Waals surface area contributed by atoms with Gasteiger partial charge in [-0.25, -0.2) is 8.42 Å². The minimum Gasteiger partial charge on any atom is -0.459 e. The van der Waals surface area contributed by atoms with E-state index in [0.717, 1.165) is 11.3 Å². The first kappa shape index (κ1) is 15.5. The lowest BCUT2D eigenvalue weighted by atomic mass is 10.2. The van der Waals surface area contributed by atoms with Gasteiger partial charge in [-0.2, -0.15) is 4.31 Å². The fourth-order valence-electron chi connectivity index (χ4n) is 2.16. The number of thiophene rings is 1. The third-order valence-electron chi connectivity index (χ3n) is 2.94. The zero-order chi connectivity index (χ0) is 15.0. The molecular formula is C13H19NO4S2. The van der Waals surface area contributed by atoms with Crippen LogP contribution in [0.25, 0.3) is 0 Å². The Balaban J connectivity index is 2.22. The van der Waals surface area contributed by atoms with E-state index in [2.05, 4.69) is 0 Å². The number of ether oxygens (including phenoxy) is 1. The normalized spacial score (nSPS) is 21.1. The molecule has 0 saturated carbocycles. The molecule has 0 radical (unpaired) electrons. The minimum atomic E-state index is -3.59. The molecule has 1 aliphatic rings. The minimum absolute atomic E-state index is 0.271. The van der Waals surface area contributed by atoms with Gasteiger partial charge >= 0.3 is 5.97 Å². The van der Waals surface area contributed by atoms with E-state index in [9.17, 15) is 13.2 Å². The van der Waals surface area contributed by atoms with Crippen molar-refractivity contribution in [1.82, 2.24) is 4.31 Å². The molecule has 0 aromatic carbocycles. The lowest BCUT2D eigenvalue weighted by Gasteiger charge is -2.26. The van der Waals surface area contributed by atoms with Crippen molar-refractivity contribution in [3.8, 4) is 0 Å². The van der Waals surface area contributed by atoms with Crippen molar-refractivity contribution in [3.63, 3.8) is 0 Å². The van der Waals surface area contributed by atoms with E-state index in [4.69, 9.17) is 4.74 Å². The lowest BCUT2D eigenvalue weighted by molar-refractivity contribution is -0.158. The van der Waals surface area contributed by atoms with Crippen molar-refractivity contribution in [2.45, 2.75) is 49.5 Å². The molecule has 112 valence electrons. The molecule has 0 aliphatic carbocycles. The Morgan fingerprint density at radius 2 is 2.15 bits per heavy atom. The summed E-state index contributed by atoms with van der Waals surface area (Å²) < 4.78 is 31.9. The van der Waals surface area contributed by atoms with Gasteiger partial charge in [-0.15, -0.1) is 11.3 Å². The molecule has 7 heteroatoms. The van der Waals surface area contributed by atoms with Gasteiger partial charge in [-0.05, 0) is 45.1 Å². The average Bonchev–Trinajstić information content (AvgIpc) is 2.99. The van der Waals surface area contributed by atoms with Gasteiger partial charge in [0.2, 0.25) is 0 Å². The van der Waals surface area contributed by atoms with Crippen molar-refractivity contribution < 1.29 is 17.9 Å². The quantitative estimate of drug-likeness (QED) is 0.802. The summed E-state index contributed by atoms with van der Waals surface area (Å²) in [5, 5.41) is 1.71. The zero-order valence-electron chi connectivity index (χ0n) is 11.8. The second-order valence-corrected chi connectivity index (χ2v) is 8.80. The Morgan fingerprint density at radius 3 is 2.70 bits per heavy atom. The van der Waals surface area contributed by atoms with E-state index in [0.29, 0.717) is 19.4 Å². The molecule has 5 nitrogen and oxygen atoms in total. The molecule has 1 aromatic heterocycles. The molecule has 1 aliphatic heterocycles. The first-order valence-corrected chi connectivity index (χ1v) is 8.82. The first-order chi connectivity index (χ1) is 9.22. The summed E-state index contributed by atoms with van der Waals surface area (Å²) in [5.74, 6) is -0.463. The smallest absolute Gasteiger partial charge is 0.324 e. The fourth-order valence-corrected chi connectivity index (χ4v) is 4.93. The topological polar surface area (TPSA) is 63.7 Å². The van der Waals surface area contributed by atoms with Crippen LogP contribution in [0.1, 0.15) is 33.6 Å². The number of hydrogen-bond donors (Lipinski definition) is 0. The van der Waals surface area contributed by atoms with E-state index in [1.54, 1.807) is 38.3 Å². The van der Waals surface area contributed by atoms with Crippen molar-refractivity contribution >= 4 is 27.3 Å². The standard InChI is InChI=1S/C13H19NO4S2/c1-13(2,3)18-12(15)10-6-4-8-14(10)20(16,17)11-7-5-9-19-11/h5,7,9-10H,4,6,8H2,1-3H3/t10-/m0/s1. The van der Waals surface area contributed by atoms with Crippen molar-refractivity contribution in [2.75, 3.05) is 6.54 Å². The molecule has 0 unspecified atom stereocenters. The molecule has 2 heterocycles. The third kappa shape index (κ3) is 3.21. The van der Waals surface area contributed by atoms with Crippen molar-refractivity contribution in [1.29, 1.82) is 0 Å². The molecule has 1 saturated heterocycles. The second-order valence-electron chi connectivity index (χ2n) is 5.74. The zero-order valence-corrected chi connectivity index (χ0v) is 13.5. The Bertz CT molecular complexity index is 572. The number of esters is 1. The molecule has 0 amide bonds. The van der Waals surface area contributed by atoms with Crippen LogP contribution in [-0.2, 0) is 19.6 Å². The largest absolute Gasteiger partial charge is 0.459 e. The van der Waals surface area contributed by atoms with Gasteiger partial charge in [0.1, 0.15) is 15.9 Å². The number of hydrogen-bond acceptors (Lipinski definition) is 5. The molecule has 0 bridgehead atoms. The maximum Gasteiger partial charge on any atom is 0.324 e. The van der Waals surface area contributed by atoms with Crippen molar-refractivity contribution in [2.24, 2.45) is 0 Å². The monoisotopic (exact) mass is 317 g/mol. The number of rotatable bonds is 3. The van der Waals surface area contributed by atoms with Gasteiger partial charge in [-0.1, -0.05) is 6.07 Å². The highest BCUT2D eigenvalue weighted by molar-refractivity contribution is 7.91. The number of carbonyl (C=O) groups excluding carboxylic acids is 1. The van der Waals surface area contributed by atoms with Crippen LogP contribution in [-0.4, -0.2) is 36.9 Å². The van der Waals surface area contributed by atoms with E-state index >= 15 is 0 Å². The molecule has 0 N–H and O–H groups in total. The van der Waals surface area contributed by atoms with Crippen LogP contribution in [0.2, 0.25) is 0 Å². The number of nitrogens with zero attached hydrogens (tertiary/aromatic N) is 1. The summed E-state index contributed by atoms with van der Waals surface area (Å²) in [6.07, 6.45) is 1.19. The Hall–Kier alpha value is -0.920. The summed E-state index contributed by atoms with van der Waals surface area (Å²) in [6.45, 7) is 5.69. The van der Waals surface area contributed by atoms with E-state index < -0.39 is 27.6 Å². The summed E-state index contributed by atoms with van der Waals surface area (Å²) in [4.78, 5) is 12.2. The summed E-state index contributed by atoms with van der Waals surface area (Å²) in [6, 6.07) is 2.54. The van der Waals surface area contributed by atoms with Crippen molar-refractivity contribution in [3.05, 3.63) is 17.5 Å². The van der Waals surface area contributed by atoms with E-state index in [-0.39, 0.29) is 4.21 Å². The average molecular weight is 317 g/mol. The molecule has 1 atom stereocenters. The summed E-state index contributed by atoms with van der Waals surface area (Å²) in [7, 11) is -3.59. The predicted octanol–water partition coefficient (Wildman–Crippen LogP) is 2.24. The van der Waals surface area contributed by atoms with Gasteiger partial charge in [0.15, 0.2) is 0 Å². The summed E-state index contributed by atoms with van der Waals surface area (Å²) >= 11 is 1.16. The van der Waals surface area contributed by atoms with Gasteiger partial charge < -0.3 is 4.74 Å². The van der Waals surface area contributed by atoms with Gasteiger partial charge in [0.25, 0.3) is 10.0 Å². The third-order valence-corrected chi connectivity index (χ3v) is 6.22. The maximum absolute atomic E-state index is 12.5. The van der Waals surface area contributed by atoms with Gasteiger partial charge in [0, 0.05) is 6.54 Å². The van der Waals surface area contributed by atoms with Crippen LogP contribution >= 0.6 is 11.3 Å². The molecule has 1 fully saturated rings. The molecule has 0 spiro atoms. The van der Waals surface area contributed by atoms with Crippen LogP contribution in [0.15, 0.2) is 21.7 Å². The van der Waals surface area contributed by atoms with Crippen LogP contribution < -0.4 is 0 Å². The van der Waals surface area contributed by atoms with E-state index in [1.807, 2.05) is 0 Å².